The Kier molecular flexibility index (Phi) is 55.4. The highest BCUT2D eigenvalue weighted by Gasteiger charge is 2.19. The first-order chi connectivity index (χ1) is 35.0. The molecular weight excluding hydrogens is 877 g/mol. The van der Waals surface area contributed by atoms with Crippen molar-refractivity contribution in [3.63, 3.8) is 0 Å². The number of allylic oxidation sites excluding steroid dienone is 18. The van der Waals surface area contributed by atoms with Crippen LogP contribution in [0.1, 0.15) is 265 Å². The van der Waals surface area contributed by atoms with E-state index >= 15 is 0 Å². The van der Waals surface area contributed by atoms with Crippen molar-refractivity contribution in [1.82, 2.24) is 0 Å². The zero-order valence-corrected chi connectivity index (χ0v) is 46.2. The van der Waals surface area contributed by atoms with Crippen LogP contribution in [-0.2, 0) is 28.6 Å². The van der Waals surface area contributed by atoms with Crippen LogP contribution in [0.15, 0.2) is 109 Å². The Hall–Kier alpha value is -3.93. The average molecular weight is 986 g/mol. The molecular formula is C65H108O6. The maximum Gasteiger partial charge on any atom is 0.306 e. The molecule has 0 saturated carbocycles. The second kappa shape index (κ2) is 58.6. The summed E-state index contributed by atoms with van der Waals surface area (Å²) < 4.78 is 16.8. The predicted molar refractivity (Wildman–Crippen MR) is 307 cm³/mol. The van der Waals surface area contributed by atoms with Crippen LogP contribution in [0.2, 0.25) is 0 Å². The van der Waals surface area contributed by atoms with Crippen molar-refractivity contribution in [2.45, 2.75) is 271 Å². The van der Waals surface area contributed by atoms with Crippen LogP contribution in [0, 0.1) is 0 Å². The lowest BCUT2D eigenvalue weighted by molar-refractivity contribution is -0.167. The number of hydrogen-bond acceptors (Lipinski definition) is 6. The van der Waals surface area contributed by atoms with Gasteiger partial charge in [0.1, 0.15) is 13.2 Å². The third-order valence-corrected chi connectivity index (χ3v) is 12.3. The molecule has 0 radical (unpaired) electrons. The van der Waals surface area contributed by atoms with Crippen LogP contribution in [0.3, 0.4) is 0 Å². The molecule has 0 aliphatic carbocycles. The predicted octanol–water partition coefficient (Wildman–Crippen LogP) is 19.9. The third-order valence-electron chi connectivity index (χ3n) is 12.3. The third kappa shape index (κ3) is 56.9. The normalized spacial score (nSPS) is 12.9. The lowest BCUT2D eigenvalue weighted by Crippen LogP contribution is -2.30. The van der Waals surface area contributed by atoms with E-state index in [2.05, 4.69) is 130 Å². The summed E-state index contributed by atoms with van der Waals surface area (Å²) in [4.78, 5) is 38.2. The molecule has 0 N–H and O–H groups in total. The van der Waals surface area contributed by atoms with Gasteiger partial charge in [0.15, 0.2) is 6.10 Å². The highest BCUT2D eigenvalue weighted by Crippen LogP contribution is 2.16. The summed E-state index contributed by atoms with van der Waals surface area (Å²) in [5, 5.41) is 0. The molecule has 0 aromatic carbocycles. The summed E-state index contributed by atoms with van der Waals surface area (Å²) in [5.74, 6) is -1.01. The fraction of sp³-hybridized carbons (Fsp3) is 0.677. The Bertz CT molecular complexity index is 1460. The van der Waals surface area contributed by atoms with E-state index in [-0.39, 0.29) is 44.0 Å². The molecule has 0 heterocycles. The van der Waals surface area contributed by atoms with Crippen molar-refractivity contribution in [2.24, 2.45) is 0 Å². The average Bonchev–Trinajstić information content (AvgIpc) is 3.37. The molecule has 71 heavy (non-hydrogen) atoms. The quantitative estimate of drug-likeness (QED) is 0.0261. The molecule has 0 saturated heterocycles. The van der Waals surface area contributed by atoms with E-state index in [1.807, 2.05) is 0 Å². The van der Waals surface area contributed by atoms with Gasteiger partial charge in [-0.05, 0) is 96.3 Å². The summed E-state index contributed by atoms with van der Waals surface area (Å²) in [6.07, 6.45) is 79.6. The molecule has 0 amide bonds. The van der Waals surface area contributed by atoms with E-state index in [1.165, 1.54) is 116 Å². The molecule has 0 aliphatic heterocycles. The molecule has 0 spiro atoms. The largest absolute Gasteiger partial charge is 0.462 e. The first-order valence-electron chi connectivity index (χ1n) is 29.4. The highest BCUT2D eigenvalue weighted by molar-refractivity contribution is 5.71. The zero-order chi connectivity index (χ0) is 51.4. The smallest absolute Gasteiger partial charge is 0.306 e. The molecule has 6 heteroatoms. The highest BCUT2D eigenvalue weighted by atomic mass is 16.6. The van der Waals surface area contributed by atoms with E-state index in [1.54, 1.807) is 0 Å². The standard InChI is InChI=1S/C65H108O6/c1-4-7-10-13-16-19-22-25-28-30-31-32-33-35-38-40-43-46-49-52-55-58-64(67)70-61-62(71-65(68)59-56-53-50-47-44-41-36-27-24-21-18-15-12-9-6-3)60-69-63(66)57-54-51-48-45-42-39-37-34-29-26-23-20-17-14-11-8-5-2/h8-9,11-12,17-18,20-21,26-27,29,36-37,39,44-45,47-48,62H,4-7,10,13-16,19,22-25,28,30-35,38,40-43,46,49-61H2,1-3H3/b11-8-,12-9-,20-17-,21-18-,29-26-,36-27-,39-37-,47-44-,48-45-/t62-/m1/s1. The second-order valence-corrected chi connectivity index (χ2v) is 19.1. The maximum atomic E-state index is 12.8. The van der Waals surface area contributed by atoms with Gasteiger partial charge in [-0.1, -0.05) is 259 Å². The molecule has 6 nitrogen and oxygen atoms in total. The Labute approximate surface area is 438 Å². The molecule has 0 unspecified atom stereocenters. The van der Waals surface area contributed by atoms with Gasteiger partial charge >= 0.3 is 17.9 Å². The van der Waals surface area contributed by atoms with Crippen molar-refractivity contribution in [2.75, 3.05) is 13.2 Å². The van der Waals surface area contributed by atoms with Crippen molar-refractivity contribution >= 4 is 17.9 Å². The van der Waals surface area contributed by atoms with Gasteiger partial charge in [0.2, 0.25) is 0 Å². The van der Waals surface area contributed by atoms with Crippen LogP contribution < -0.4 is 0 Å². The number of unbranched alkanes of at least 4 members (excludes halogenated alkanes) is 23. The number of ether oxygens (including phenoxy) is 3. The second-order valence-electron chi connectivity index (χ2n) is 19.1. The van der Waals surface area contributed by atoms with Crippen LogP contribution in [-0.4, -0.2) is 37.2 Å². The van der Waals surface area contributed by atoms with Gasteiger partial charge < -0.3 is 14.2 Å². The van der Waals surface area contributed by atoms with Crippen molar-refractivity contribution in [1.29, 1.82) is 0 Å². The van der Waals surface area contributed by atoms with E-state index in [4.69, 9.17) is 14.2 Å². The Balaban J connectivity index is 4.46. The molecule has 1 atom stereocenters. The molecule has 0 aromatic rings. The molecule has 0 fully saturated rings. The molecule has 0 rings (SSSR count). The fourth-order valence-corrected chi connectivity index (χ4v) is 7.94. The first-order valence-corrected chi connectivity index (χ1v) is 29.4. The Morgan fingerprint density at radius 2 is 0.563 bits per heavy atom. The summed E-state index contributed by atoms with van der Waals surface area (Å²) >= 11 is 0. The van der Waals surface area contributed by atoms with Crippen LogP contribution in [0.5, 0.6) is 0 Å². The van der Waals surface area contributed by atoms with E-state index in [0.717, 1.165) is 96.3 Å². The van der Waals surface area contributed by atoms with Gasteiger partial charge in [-0.25, -0.2) is 0 Å². The number of esters is 3. The number of hydrogen-bond donors (Lipinski definition) is 0. The molecule has 404 valence electrons. The van der Waals surface area contributed by atoms with Crippen LogP contribution in [0.25, 0.3) is 0 Å². The Morgan fingerprint density at radius 1 is 0.296 bits per heavy atom. The van der Waals surface area contributed by atoms with Gasteiger partial charge in [-0.2, -0.15) is 0 Å². The molecule has 0 bridgehead atoms. The fourth-order valence-electron chi connectivity index (χ4n) is 7.94. The number of carbonyl (C=O) groups is 3. The summed E-state index contributed by atoms with van der Waals surface area (Å²) in [5.41, 5.74) is 0. The van der Waals surface area contributed by atoms with Crippen LogP contribution in [0.4, 0.5) is 0 Å². The van der Waals surface area contributed by atoms with Gasteiger partial charge in [0.05, 0.1) is 0 Å². The van der Waals surface area contributed by atoms with E-state index < -0.39 is 6.10 Å². The van der Waals surface area contributed by atoms with Crippen molar-refractivity contribution < 1.29 is 28.6 Å². The SMILES string of the molecule is CC/C=C\C/C=C\C/C=C\C/C=C\C/C=C\CCCC(=O)OC[C@H](COC(=O)CCCCCCCCCCCCCCCCCCCCCCC)OC(=O)CCCC/C=C\C/C=C\C/C=C\C/C=C\CC. The summed E-state index contributed by atoms with van der Waals surface area (Å²) in [6.45, 7) is 6.34. The number of carbonyl (C=O) groups excluding carboxylic acids is 3. The summed E-state index contributed by atoms with van der Waals surface area (Å²) in [6, 6.07) is 0. The minimum absolute atomic E-state index is 0.112. The first kappa shape index (κ1) is 67.1. The van der Waals surface area contributed by atoms with Crippen molar-refractivity contribution in [3.8, 4) is 0 Å². The van der Waals surface area contributed by atoms with Gasteiger partial charge in [0, 0.05) is 19.3 Å². The lowest BCUT2D eigenvalue weighted by atomic mass is 10.0. The van der Waals surface area contributed by atoms with Gasteiger partial charge in [0.25, 0.3) is 0 Å². The van der Waals surface area contributed by atoms with Crippen LogP contribution >= 0.6 is 0 Å². The monoisotopic (exact) mass is 985 g/mol. The molecule has 0 aliphatic rings. The minimum Gasteiger partial charge on any atom is -0.462 e. The minimum atomic E-state index is -0.824. The topological polar surface area (TPSA) is 78.9 Å². The lowest BCUT2D eigenvalue weighted by Gasteiger charge is -2.18. The maximum absolute atomic E-state index is 12.8. The van der Waals surface area contributed by atoms with E-state index in [9.17, 15) is 14.4 Å². The Morgan fingerprint density at radius 3 is 0.915 bits per heavy atom. The summed E-state index contributed by atoms with van der Waals surface area (Å²) in [7, 11) is 0. The van der Waals surface area contributed by atoms with Crippen molar-refractivity contribution in [3.05, 3.63) is 109 Å². The van der Waals surface area contributed by atoms with Gasteiger partial charge in [-0.3, -0.25) is 14.4 Å². The number of rotatable bonds is 52. The zero-order valence-electron chi connectivity index (χ0n) is 46.2. The van der Waals surface area contributed by atoms with E-state index in [0.29, 0.717) is 19.3 Å². The molecule has 0 aromatic heterocycles. The van der Waals surface area contributed by atoms with Gasteiger partial charge in [-0.15, -0.1) is 0 Å².